The maximum atomic E-state index is 12.1. The molecule has 1 amide bonds. The van der Waals surface area contributed by atoms with Crippen molar-refractivity contribution in [1.82, 2.24) is 4.90 Å². The predicted octanol–water partition coefficient (Wildman–Crippen LogP) is 1.18. The monoisotopic (exact) mass is 230 g/mol. The Balaban J connectivity index is 2.47. The van der Waals surface area contributed by atoms with Crippen LogP contribution < -0.4 is 5.73 Å². The molecule has 3 nitrogen and oxygen atoms in total. The van der Waals surface area contributed by atoms with Crippen molar-refractivity contribution >= 4 is 17.7 Å². The molecule has 0 spiro atoms. The van der Waals surface area contributed by atoms with Gasteiger partial charge in [0.25, 0.3) is 0 Å². The molecule has 1 aliphatic heterocycles. The van der Waals surface area contributed by atoms with Gasteiger partial charge in [0.2, 0.25) is 5.91 Å². The van der Waals surface area contributed by atoms with Crippen LogP contribution in [0.1, 0.15) is 20.3 Å². The van der Waals surface area contributed by atoms with Crippen LogP contribution >= 0.6 is 11.8 Å². The molecule has 1 heterocycles. The van der Waals surface area contributed by atoms with Crippen molar-refractivity contribution in [3.63, 3.8) is 0 Å². The molecule has 0 saturated carbocycles. The molecule has 1 aliphatic rings. The number of hydrogen-bond acceptors (Lipinski definition) is 3. The smallest absolute Gasteiger partial charge is 0.227 e. The van der Waals surface area contributed by atoms with Crippen molar-refractivity contribution in [3.05, 3.63) is 0 Å². The molecule has 1 fully saturated rings. The molecule has 0 aromatic heterocycles. The van der Waals surface area contributed by atoms with E-state index in [0.717, 1.165) is 31.0 Å². The first kappa shape index (κ1) is 12.8. The van der Waals surface area contributed by atoms with Crippen LogP contribution in [0.15, 0.2) is 0 Å². The minimum absolute atomic E-state index is 0.0353. The minimum Gasteiger partial charge on any atom is -0.341 e. The number of carbonyl (C=O) groups excluding carboxylic acids is 1. The fourth-order valence-electron chi connectivity index (χ4n) is 1.91. The summed E-state index contributed by atoms with van der Waals surface area (Å²) in [4.78, 5) is 14.1. The van der Waals surface area contributed by atoms with Gasteiger partial charge in [-0.1, -0.05) is 13.8 Å². The third-order valence-electron chi connectivity index (χ3n) is 2.71. The summed E-state index contributed by atoms with van der Waals surface area (Å²) >= 11 is 1.92. The van der Waals surface area contributed by atoms with Crippen LogP contribution in [-0.4, -0.2) is 41.9 Å². The Kier molecular flexibility index (Phi) is 5.47. The van der Waals surface area contributed by atoms with Gasteiger partial charge >= 0.3 is 0 Å². The van der Waals surface area contributed by atoms with E-state index in [1.165, 1.54) is 0 Å². The zero-order valence-electron chi connectivity index (χ0n) is 9.74. The second-order valence-electron chi connectivity index (χ2n) is 4.50. The third-order valence-corrected chi connectivity index (χ3v) is 3.65. The second kappa shape index (κ2) is 6.38. The van der Waals surface area contributed by atoms with Gasteiger partial charge in [-0.15, -0.1) is 0 Å². The zero-order valence-corrected chi connectivity index (χ0v) is 10.6. The summed E-state index contributed by atoms with van der Waals surface area (Å²) in [5.41, 5.74) is 5.68. The minimum atomic E-state index is 0.0353. The van der Waals surface area contributed by atoms with Gasteiger partial charge in [0.1, 0.15) is 0 Å². The number of hydrogen-bond donors (Lipinski definition) is 1. The van der Waals surface area contributed by atoms with E-state index in [2.05, 4.69) is 13.8 Å². The van der Waals surface area contributed by atoms with Gasteiger partial charge < -0.3 is 10.6 Å². The molecule has 88 valence electrons. The Labute approximate surface area is 96.8 Å². The largest absolute Gasteiger partial charge is 0.341 e. The zero-order chi connectivity index (χ0) is 11.3. The van der Waals surface area contributed by atoms with Crippen LogP contribution in [0.4, 0.5) is 0 Å². The fraction of sp³-hybridized carbons (Fsp3) is 0.909. The number of carbonyl (C=O) groups is 1. The molecule has 2 N–H and O–H groups in total. The molecule has 1 atom stereocenters. The van der Waals surface area contributed by atoms with Crippen LogP contribution in [0, 0.1) is 11.8 Å². The van der Waals surface area contributed by atoms with Gasteiger partial charge in [-0.05, 0) is 12.3 Å². The van der Waals surface area contributed by atoms with Gasteiger partial charge in [-0.25, -0.2) is 0 Å². The number of rotatable bonds is 4. The van der Waals surface area contributed by atoms with E-state index in [9.17, 15) is 4.79 Å². The highest BCUT2D eigenvalue weighted by molar-refractivity contribution is 7.99. The predicted molar refractivity (Wildman–Crippen MR) is 65.9 cm³/mol. The standard InChI is InChI=1S/C11H22N2OS/c1-9(2)7-10(8-12)11(14)13-3-5-15-6-4-13/h9-10H,3-8,12H2,1-2H3. The lowest BCUT2D eigenvalue weighted by Gasteiger charge is -2.30. The van der Waals surface area contributed by atoms with E-state index in [0.29, 0.717) is 12.5 Å². The molecule has 0 aromatic rings. The molecule has 4 heteroatoms. The van der Waals surface area contributed by atoms with E-state index in [-0.39, 0.29) is 11.8 Å². The Morgan fingerprint density at radius 1 is 1.40 bits per heavy atom. The summed E-state index contributed by atoms with van der Waals surface area (Å²) in [5.74, 6) is 3.00. The first-order valence-corrected chi connectivity index (χ1v) is 6.87. The van der Waals surface area contributed by atoms with Crippen molar-refractivity contribution in [2.24, 2.45) is 17.6 Å². The van der Waals surface area contributed by atoms with Crippen LogP contribution in [0.2, 0.25) is 0 Å². The SMILES string of the molecule is CC(C)CC(CN)C(=O)N1CCSCC1. The highest BCUT2D eigenvalue weighted by atomic mass is 32.2. The number of amides is 1. The fourth-order valence-corrected chi connectivity index (χ4v) is 2.81. The lowest BCUT2D eigenvalue weighted by molar-refractivity contribution is -0.135. The molecule has 1 unspecified atom stereocenters. The normalized spacial score (nSPS) is 19.3. The molecule has 0 radical (unpaired) electrons. The highest BCUT2D eigenvalue weighted by Gasteiger charge is 2.24. The molecule has 15 heavy (non-hydrogen) atoms. The number of thioether (sulfide) groups is 1. The van der Waals surface area contributed by atoms with Gasteiger partial charge in [0.15, 0.2) is 0 Å². The quantitative estimate of drug-likeness (QED) is 0.789. The molecule has 1 saturated heterocycles. The summed E-state index contributed by atoms with van der Waals surface area (Å²) in [5, 5.41) is 0. The summed E-state index contributed by atoms with van der Waals surface area (Å²) < 4.78 is 0. The Bertz CT molecular complexity index is 203. The summed E-state index contributed by atoms with van der Waals surface area (Å²) in [6, 6.07) is 0. The summed E-state index contributed by atoms with van der Waals surface area (Å²) in [7, 11) is 0. The van der Waals surface area contributed by atoms with E-state index in [1.54, 1.807) is 0 Å². The Morgan fingerprint density at radius 3 is 2.47 bits per heavy atom. The van der Waals surface area contributed by atoms with Gasteiger partial charge in [0.05, 0.1) is 5.92 Å². The molecule has 0 aliphatic carbocycles. The van der Waals surface area contributed by atoms with Crippen LogP contribution in [0.25, 0.3) is 0 Å². The first-order valence-electron chi connectivity index (χ1n) is 5.71. The third kappa shape index (κ3) is 4.03. The maximum Gasteiger partial charge on any atom is 0.227 e. The van der Waals surface area contributed by atoms with Crippen LogP contribution in [0.5, 0.6) is 0 Å². The van der Waals surface area contributed by atoms with Crippen molar-refractivity contribution in [3.8, 4) is 0 Å². The Morgan fingerprint density at radius 2 is 2.00 bits per heavy atom. The van der Waals surface area contributed by atoms with E-state index in [4.69, 9.17) is 5.73 Å². The lowest BCUT2D eigenvalue weighted by Crippen LogP contribution is -2.43. The highest BCUT2D eigenvalue weighted by Crippen LogP contribution is 2.17. The van der Waals surface area contributed by atoms with Gasteiger partial charge in [0, 0.05) is 31.1 Å². The maximum absolute atomic E-state index is 12.1. The van der Waals surface area contributed by atoms with E-state index >= 15 is 0 Å². The summed E-state index contributed by atoms with van der Waals surface area (Å²) in [6.07, 6.45) is 0.916. The van der Waals surface area contributed by atoms with Gasteiger partial charge in [-0.3, -0.25) is 4.79 Å². The van der Waals surface area contributed by atoms with Crippen LogP contribution in [0.3, 0.4) is 0 Å². The summed E-state index contributed by atoms with van der Waals surface area (Å²) in [6.45, 7) is 6.57. The van der Waals surface area contributed by atoms with Crippen molar-refractivity contribution in [1.29, 1.82) is 0 Å². The first-order chi connectivity index (χ1) is 7.15. The number of nitrogens with two attached hydrogens (primary N) is 1. The van der Waals surface area contributed by atoms with Crippen LogP contribution in [-0.2, 0) is 4.79 Å². The van der Waals surface area contributed by atoms with E-state index in [1.807, 2.05) is 16.7 Å². The average molecular weight is 230 g/mol. The molecular formula is C11H22N2OS. The topological polar surface area (TPSA) is 46.3 Å². The van der Waals surface area contributed by atoms with Gasteiger partial charge in [-0.2, -0.15) is 11.8 Å². The Hall–Kier alpha value is -0.220. The van der Waals surface area contributed by atoms with Crippen molar-refractivity contribution in [2.45, 2.75) is 20.3 Å². The van der Waals surface area contributed by atoms with Crippen molar-refractivity contribution < 1.29 is 4.79 Å². The lowest BCUT2D eigenvalue weighted by atomic mass is 9.96. The molecule has 1 rings (SSSR count). The molecule has 0 aromatic carbocycles. The van der Waals surface area contributed by atoms with Crippen molar-refractivity contribution in [2.75, 3.05) is 31.1 Å². The average Bonchev–Trinajstić information content (AvgIpc) is 2.26. The molecule has 0 bridgehead atoms. The number of nitrogens with zero attached hydrogens (tertiary/aromatic N) is 1. The molecular weight excluding hydrogens is 208 g/mol. The van der Waals surface area contributed by atoms with E-state index < -0.39 is 0 Å². The second-order valence-corrected chi connectivity index (χ2v) is 5.72.